The second-order valence-corrected chi connectivity index (χ2v) is 6.13. The van der Waals surface area contributed by atoms with Crippen LogP contribution in [0, 0.1) is 5.92 Å². The van der Waals surface area contributed by atoms with Crippen LogP contribution in [0.5, 0.6) is 0 Å². The van der Waals surface area contributed by atoms with Crippen molar-refractivity contribution in [2.24, 2.45) is 5.92 Å². The van der Waals surface area contributed by atoms with Gasteiger partial charge >= 0.3 is 0 Å². The number of rotatable bonds is 6. The van der Waals surface area contributed by atoms with Gasteiger partial charge in [0.25, 0.3) is 5.91 Å². The second-order valence-electron chi connectivity index (χ2n) is 5.21. The Morgan fingerprint density at radius 3 is 2.10 bits per heavy atom. The number of nitrogens with one attached hydrogen (secondary N) is 1. The van der Waals surface area contributed by atoms with Crippen molar-refractivity contribution in [2.45, 2.75) is 33.7 Å². The van der Waals surface area contributed by atoms with Crippen molar-refractivity contribution < 1.29 is 9.59 Å². The number of amides is 2. The number of hydrogen-bond donors (Lipinski definition) is 1. The van der Waals surface area contributed by atoms with Gasteiger partial charge in [-0.25, -0.2) is 0 Å². The van der Waals surface area contributed by atoms with Crippen molar-refractivity contribution in [1.82, 2.24) is 10.2 Å². The summed E-state index contributed by atoms with van der Waals surface area (Å²) in [6.45, 7) is 9.05. The van der Waals surface area contributed by atoms with E-state index < -0.39 is 6.04 Å². The standard InChI is InChI=1S/C16H23BrN2O2/c1-5-19(6-2)16(21)14(11(3)4)18-15(20)12-7-9-13(17)10-8-12/h7-11,14H,5-6H2,1-4H3,(H,18,20). The molecule has 1 rings (SSSR count). The van der Waals surface area contributed by atoms with Crippen molar-refractivity contribution >= 4 is 27.7 Å². The Bertz CT molecular complexity index is 482. The molecule has 0 aromatic heterocycles. The topological polar surface area (TPSA) is 49.4 Å². The van der Waals surface area contributed by atoms with Gasteiger partial charge in [-0.05, 0) is 44.0 Å². The molecule has 0 aliphatic rings. The van der Waals surface area contributed by atoms with E-state index in [1.807, 2.05) is 39.8 Å². The van der Waals surface area contributed by atoms with Crippen LogP contribution in [0.2, 0.25) is 0 Å². The molecule has 21 heavy (non-hydrogen) atoms. The molecule has 2 amide bonds. The SMILES string of the molecule is CCN(CC)C(=O)C(NC(=O)c1ccc(Br)cc1)C(C)C. The van der Waals surface area contributed by atoms with Crippen LogP contribution >= 0.6 is 15.9 Å². The number of nitrogens with zero attached hydrogens (tertiary/aromatic N) is 1. The van der Waals surface area contributed by atoms with E-state index in [1.165, 1.54) is 0 Å². The lowest BCUT2D eigenvalue weighted by atomic mass is 10.0. The average Bonchev–Trinajstić information content (AvgIpc) is 2.46. The number of hydrogen-bond acceptors (Lipinski definition) is 2. The molecule has 0 aliphatic heterocycles. The Morgan fingerprint density at radius 2 is 1.67 bits per heavy atom. The molecule has 0 saturated heterocycles. The van der Waals surface area contributed by atoms with Crippen molar-refractivity contribution in [3.8, 4) is 0 Å². The van der Waals surface area contributed by atoms with Gasteiger partial charge in [0.05, 0.1) is 0 Å². The molecule has 5 heteroatoms. The fraction of sp³-hybridized carbons (Fsp3) is 0.500. The van der Waals surface area contributed by atoms with E-state index in [-0.39, 0.29) is 17.7 Å². The molecule has 0 aliphatic carbocycles. The van der Waals surface area contributed by atoms with E-state index in [0.717, 1.165) is 4.47 Å². The lowest BCUT2D eigenvalue weighted by Crippen LogP contribution is -2.51. The van der Waals surface area contributed by atoms with E-state index in [9.17, 15) is 9.59 Å². The van der Waals surface area contributed by atoms with E-state index in [0.29, 0.717) is 18.7 Å². The number of carbonyl (C=O) groups is 2. The third-order valence-electron chi connectivity index (χ3n) is 3.40. The van der Waals surface area contributed by atoms with Crippen LogP contribution in [0.4, 0.5) is 0 Å². The minimum Gasteiger partial charge on any atom is -0.341 e. The highest BCUT2D eigenvalue weighted by Crippen LogP contribution is 2.12. The molecule has 1 aromatic carbocycles. The molecule has 1 unspecified atom stereocenters. The zero-order chi connectivity index (χ0) is 16.0. The third-order valence-corrected chi connectivity index (χ3v) is 3.93. The van der Waals surface area contributed by atoms with Crippen LogP contribution in [0.1, 0.15) is 38.1 Å². The molecule has 0 saturated carbocycles. The monoisotopic (exact) mass is 354 g/mol. The van der Waals surface area contributed by atoms with Gasteiger partial charge < -0.3 is 10.2 Å². The van der Waals surface area contributed by atoms with Crippen LogP contribution < -0.4 is 5.32 Å². The summed E-state index contributed by atoms with van der Waals surface area (Å²) in [6, 6.07) is 6.59. The highest BCUT2D eigenvalue weighted by molar-refractivity contribution is 9.10. The molecule has 0 radical (unpaired) electrons. The Hall–Kier alpha value is -1.36. The molecule has 1 aromatic rings. The van der Waals surface area contributed by atoms with Crippen molar-refractivity contribution in [3.63, 3.8) is 0 Å². The minimum atomic E-state index is -0.499. The van der Waals surface area contributed by atoms with Crippen LogP contribution in [0.15, 0.2) is 28.7 Å². The molecular formula is C16H23BrN2O2. The fourth-order valence-corrected chi connectivity index (χ4v) is 2.34. The molecule has 0 bridgehead atoms. The van der Waals surface area contributed by atoms with Crippen LogP contribution in [-0.2, 0) is 4.79 Å². The maximum Gasteiger partial charge on any atom is 0.251 e. The molecule has 4 nitrogen and oxygen atoms in total. The lowest BCUT2D eigenvalue weighted by Gasteiger charge is -2.28. The Morgan fingerprint density at radius 1 is 1.14 bits per heavy atom. The number of likely N-dealkylation sites (N-methyl/N-ethyl adjacent to an activating group) is 1. The zero-order valence-corrected chi connectivity index (χ0v) is 14.6. The van der Waals surface area contributed by atoms with Gasteiger partial charge in [0.1, 0.15) is 6.04 Å². The smallest absolute Gasteiger partial charge is 0.251 e. The van der Waals surface area contributed by atoms with Gasteiger partial charge in [-0.3, -0.25) is 9.59 Å². The predicted octanol–water partition coefficient (Wildman–Crippen LogP) is 3.07. The fourth-order valence-electron chi connectivity index (χ4n) is 2.07. The van der Waals surface area contributed by atoms with E-state index in [2.05, 4.69) is 21.2 Å². The summed E-state index contributed by atoms with van der Waals surface area (Å²) in [5.74, 6) is -0.209. The molecule has 0 spiro atoms. The summed E-state index contributed by atoms with van der Waals surface area (Å²) in [5.41, 5.74) is 0.552. The van der Waals surface area contributed by atoms with E-state index in [4.69, 9.17) is 0 Å². The first kappa shape index (κ1) is 17.7. The second kappa shape index (κ2) is 8.17. The normalized spacial score (nSPS) is 12.1. The van der Waals surface area contributed by atoms with Gasteiger partial charge in [-0.15, -0.1) is 0 Å². The Balaban J connectivity index is 2.85. The number of carbonyl (C=O) groups excluding carboxylic acids is 2. The maximum absolute atomic E-state index is 12.5. The third kappa shape index (κ3) is 4.84. The van der Waals surface area contributed by atoms with Gasteiger partial charge in [0.15, 0.2) is 0 Å². The summed E-state index contributed by atoms with van der Waals surface area (Å²) >= 11 is 3.34. The molecular weight excluding hydrogens is 332 g/mol. The number of benzene rings is 1. The zero-order valence-electron chi connectivity index (χ0n) is 13.0. The molecule has 0 heterocycles. The molecule has 1 N–H and O–H groups in total. The van der Waals surface area contributed by atoms with Crippen molar-refractivity contribution in [3.05, 3.63) is 34.3 Å². The summed E-state index contributed by atoms with van der Waals surface area (Å²) in [4.78, 5) is 26.5. The van der Waals surface area contributed by atoms with E-state index in [1.54, 1.807) is 17.0 Å². The van der Waals surface area contributed by atoms with Gasteiger partial charge in [0.2, 0.25) is 5.91 Å². The summed E-state index contributed by atoms with van der Waals surface area (Å²) in [7, 11) is 0. The summed E-state index contributed by atoms with van der Waals surface area (Å²) in [6.07, 6.45) is 0. The minimum absolute atomic E-state index is 0.0274. The quantitative estimate of drug-likeness (QED) is 0.853. The first-order valence-electron chi connectivity index (χ1n) is 7.25. The highest BCUT2D eigenvalue weighted by atomic mass is 79.9. The highest BCUT2D eigenvalue weighted by Gasteiger charge is 2.27. The van der Waals surface area contributed by atoms with Gasteiger partial charge in [0, 0.05) is 23.1 Å². The van der Waals surface area contributed by atoms with E-state index >= 15 is 0 Å². The summed E-state index contributed by atoms with van der Waals surface area (Å²) in [5, 5.41) is 2.86. The van der Waals surface area contributed by atoms with Crippen molar-refractivity contribution in [2.75, 3.05) is 13.1 Å². The van der Waals surface area contributed by atoms with Crippen LogP contribution in [0.3, 0.4) is 0 Å². The number of halogens is 1. The first-order valence-corrected chi connectivity index (χ1v) is 8.05. The van der Waals surface area contributed by atoms with Crippen LogP contribution in [-0.4, -0.2) is 35.8 Å². The van der Waals surface area contributed by atoms with Gasteiger partial charge in [-0.2, -0.15) is 0 Å². The maximum atomic E-state index is 12.5. The summed E-state index contributed by atoms with van der Waals surface area (Å²) < 4.78 is 0.915. The average molecular weight is 355 g/mol. The predicted molar refractivity (Wildman–Crippen MR) is 88.2 cm³/mol. The molecule has 0 fully saturated rings. The lowest BCUT2D eigenvalue weighted by molar-refractivity contribution is -0.133. The van der Waals surface area contributed by atoms with Crippen LogP contribution in [0.25, 0.3) is 0 Å². The van der Waals surface area contributed by atoms with Gasteiger partial charge in [-0.1, -0.05) is 29.8 Å². The Kier molecular flexibility index (Phi) is 6.89. The molecule has 1 atom stereocenters. The largest absolute Gasteiger partial charge is 0.341 e. The van der Waals surface area contributed by atoms with Crippen molar-refractivity contribution in [1.29, 1.82) is 0 Å². The Labute approximate surface area is 135 Å². The molecule has 116 valence electrons. The first-order chi connectivity index (χ1) is 9.90.